The van der Waals surface area contributed by atoms with Crippen LogP contribution in [0.3, 0.4) is 0 Å². The number of hydrogen-bond acceptors (Lipinski definition) is 7. The second-order valence-corrected chi connectivity index (χ2v) is 12.9. The molecule has 6 atom stereocenters. The van der Waals surface area contributed by atoms with Gasteiger partial charge >= 0.3 is 12.1 Å². The largest absolute Gasteiger partial charge is 0.455 e. The molecule has 1 aliphatic heterocycles. The summed E-state index contributed by atoms with van der Waals surface area (Å²) in [6.45, 7) is 16.0. The molecule has 0 bridgehead atoms. The summed E-state index contributed by atoms with van der Waals surface area (Å²) in [6, 6.07) is 3.79. The van der Waals surface area contributed by atoms with E-state index < -0.39 is 18.1 Å². The molecule has 0 saturated heterocycles. The highest BCUT2D eigenvalue weighted by molar-refractivity contribution is 5.85. The topological polar surface area (TPSA) is 115 Å². The predicted molar refractivity (Wildman–Crippen MR) is 187 cm³/mol. The number of Topliss-reactive ketones (excluding diaryl/α,β-unsaturated/α-hetero) is 1. The normalized spacial score (nSPS) is 19.3. The molecule has 0 saturated carbocycles. The third kappa shape index (κ3) is 15.4. The number of rotatable bonds is 17. The van der Waals surface area contributed by atoms with Gasteiger partial charge in [0.25, 0.3) is 0 Å². The molecule has 0 aromatic carbocycles. The fourth-order valence-corrected chi connectivity index (χ4v) is 5.35. The van der Waals surface area contributed by atoms with Crippen LogP contribution in [0.25, 0.3) is 0 Å². The van der Waals surface area contributed by atoms with Crippen LogP contribution < -0.4 is 5.32 Å². The van der Waals surface area contributed by atoms with Crippen LogP contribution in [0.15, 0.2) is 89.7 Å². The zero-order valence-corrected chi connectivity index (χ0v) is 29.4. The molecule has 0 aliphatic carbocycles. The summed E-state index contributed by atoms with van der Waals surface area (Å²) in [6.07, 6.45) is 19.6. The van der Waals surface area contributed by atoms with Crippen LogP contribution in [0, 0.1) is 30.6 Å². The van der Waals surface area contributed by atoms with Crippen LogP contribution in [0.5, 0.6) is 0 Å². The van der Waals surface area contributed by atoms with Gasteiger partial charge in [-0.3, -0.25) is 9.78 Å². The highest BCUT2D eigenvalue weighted by Gasteiger charge is 2.29. The maximum Gasteiger partial charge on any atom is 0.407 e. The molecule has 2 N–H and O–H groups in total. The second kappa shape index (κ2) is 20.3. The number of esters is 1. The SMILES string of the molecule is CC(=C/[C@H](C)C/C=C/C(C)=C/[C@@H](C)C(=O)[C@@H](C)[C@H](O)[C@@H](C)C/C(C)=C/COC(=O)NCc1ccc(C)cn1)/C=C/[C@H]1CC=CC(=O)O1. The van der Waals surface area contributed by atoms with Crippen molar-refractivity contribution in [1.29, 1.82) is 0 Å². The lowest BCUT2D eigenvalue weighted by molar-refractivity contribution is -0.141. The zero-order valence-electron chi connectivity index (χ0n) is 29.4. The van der Waals surface area contributed by atoms with Crippen LogP contribution in [-0.2, 0) is 25.6 Å². The van der Waals surface area contributed by atoms with Crippen molar-refractivity contribution in [3.8, 4) is 0 Å². The highest BCUT2D eigenvalue weighted by Crippen LogP contribution is 2.24. The molecule has 0 unspecified atom stereocenters. The number of carbonyl (C=O) groups excluding carboxylic acids is 3. The number of nitrogens with zero attached hydrogens (tertiary/aromatic N) is 1. The number of carbonyl (C=O) groups is 3. The van der Waals surface area contributed by atoms with E-state index in [0.29, 0.717) is 18.8 Å². The number of amides is 1. The van der Waals surface area contributed by atoms with Crippen molar-refractivity contribution in [2.45, 2.75) is 93.4 Å². The number of nitrogens with one attached hydrogen (secondary N) is 1. The Morgan fingerprint density at radius 1 is 1.11 bits per heavy atom. The number of ether oxygens (including phenoxy) is 2. The van der Waals surface area contributed by atoms with Crippen LogP contribution in [0.4, 0.5) is 4.79 Å². The average molecular weight is 647 g/mol. The van der Waals surface area contributed by atoms with E-state index in [0.717, 1.165) is 34.4 Å². The second-order valence-electron chi connectivity index (χ2n) is 12.9. The van der Waals surface area contributed by atoms with Crippen LogP contribution >= 0.6 is 0 Å². The third-order valence-electron chi connectivity index (χ3n) is 8.08. The number of alkyl carbamates (subject to hydrolysis) is 1. The number of cyclic esters (lactones) is 1. The Kier molecular flexibility index (Phi) is 16.9. The first-order chi connectivity index (χ1) is 22.2. The van der Waals surface area contributed by atoms with E-state index in [9.17, 15) is 19.5 Å². The fourth-order valence-electron chi connectivity index (χ4n) is 5.35. The molecule has 8 heteroatoms. The Morgan fingerprint density at radius 3 is 2.51 bits per heavy atom. The molecule has 1 aromatic heterocycles. The fraction of sp³-hybridized carbons (Fsp3) is 0.487. The van der Waals surface area contributed by atoms with Crippen molar-refractivity contribution in [3.05, 3.63) is 101 Å². The van der Waals surface area contributed by atoms with Crippen molar-refractivity contribution in [3.63, 3.8) is 0 Å². The number of aliphatic hydroxyl groups excluding tert-OH is 1. The zero-order chi connectivity index (χ0) is 34.9. The van der Waals surface area contributed by atoms with E-state index in [1.807, 2.05) is 90.1 Å². The molecule has 47 heavy (non-hydrogen) atoms. The van der Waals surface area contributed by atoms with E-state index in [1.54, 1.807) is 13.1 Å². The van der Waals surface area contributed by atoms with Crippen molar-refractivity contribution < 1.29 is 29.0 Å². The van der Waals surface area contributed by atoms with Gasteiger partial charge < -0.3 is 19.9 Å². The van der Waals surface area contributed by atoms with Crippen molar-refractivity contribution in [2.75, 3.05) is 6.61 Å². The van der Waals surface area contributed by atoms with Crippen LogP contribution in [0.2, 0.25) is 0 Å². The number of aliphatic hydroxyl groups is 1. The summed E-state index contributed by atoms with van der Waals surface area (Å²) >= 11 is 0. The Morgan fingerprint density at radius 2 is 1.83 bits per heavy atom. The molecule has 2 heterocycles. The average Bonchev–Trinajstić information content (AvgIpc) is 3.02. The van der Waals surface area contributed by atoms with E-state index in [-0.39, 0.29) is 42.8 Å². The molecule has 0 spiro atoms. The molecule has 1 aromatic rings. The van der Waals surface area contributed by atoms with Gasteiger partial charge in [-0.25, -0.2) is 9.59 Å². The van der Waals surface area contributed by atoms with Crippen LogP contribution in [-0.4, -0.2) is 46.8 Å². The Hall–Kier alpha value is -4.04. The van der Waals surface area contributed by atoms with E-state index >= 15 is 0 Å². The smallest absolute Gasteiger partial charge is 0.407 e. The summed E-state index contributed by atoms with van der Waals surface area (Å²) < 4.78 is 10.5. The molecule has 0 fully saturated rings. The van der Waals surface area contributed by atoms with Crippen molar-refractivity contribution in [1.82, 2.24) is 10.3 Å². The highest BCUT2D eigenvalue weighted by atomic mass is 16.5. The Bertz CT molecular complexity index is 1370. The quantitative estimate of drug-likeness (QED) is 0.101. The van der Waals surface area contributed by atoms with Crippen LogP contribution in [0.1, 0.15) is 79.0 Å². The first-order valence-corrected chi connectivity index (χ1v) is 16.5. The standard InChI is InChI=1S/C39H54N2O6/c1-26(21-28(3)16-18-35-13-10-14-36(42)47-35)11-9-12-27(2)22-31(6)37(43)33(8)38(44)32(7)23-29(4)19-20-46-39(45)41-25-34-17-15-30(5)24-40-34/h9-10,12,14-19,21-22,24,26,31-33,35,38,44H,11,13,20,23,25H2,1-8H3,(H,41,45)/b12-9+,18-16+,27-22+,28-21-,29-19+/t26-,31-,32+,33-,35-,38-/m1/s1. The minimum Gasteiger partial charge on any atom is -0.455 e. The van der Waals surface area contributed by atoms with Gasteiger partial charge in [0, 0.05) is 30.5 Å². The first kappa shape index (κ1) is 39.1. The van der Waals surface area contributed by atoms with Gasteiger partial charge in [0.1, 0.15) is 18.5 Å². The third-order valence-corrected chi connectivity index (χ3v) is 8.08. The summed E-state index contributed by atoms with van der Waals surface area (Å²) in [5, 5.41) is 13.7. The van der Waals surface area contributed by atoms with Gasteiger partial charge in [-0.2, -0.15) is 0 Å². The van der Waals surface area contributed by atoms with Gasteiger partial charge in [0.15, 0.2) is 0 Å². The predicted octanol–water partition coefficient (Wildman–Crippen LogP) is 7.69. The lowest BCUT2D eigenvalue weighted by Crippen LogP contribution is -2.34. The summed E-state index contributed by atoms with van der Waals surface area (Å²) in [7, 11) is 0. The molecular formula is C39H54N2O6. The molecule has 256 valence electrons. The van der Waals surface area contributed by atoms with Gasteiger partial charge in [-0.05, 0) is 76.2 Å². The summed E-state index contributed by atoms with van der Waals surface area (Å²) in [5.41, 5.74) is 4.88. The van der Waals surface area contributed by atoms with Gasteiger partial charge in [-0.15, -0.1) is 0 Å². The number of aryl methyl sites for hydroxylation is 1. The maximum absolute atomic E-state index is 13.2. The molecule has 2 rings (SSSR count). The van der Waals surface area contributed by atoms with Gasteiger partial charge in [0.2, 0.25) is 0 Å². The molecule has 1 amide bonds. The number of allylic oxidation sites excluding steroid dienone is 8. The molecule has 8 nitrogen and oxygen atoms in total. The number of ketones is 1. The Balaban J connectivity index is 1.76. The van der Waals surface area contributed by atoms with E-state index in [1.165, 1.54) is 6.08 Å². The first-order valence-electron chi connectivity index (χ1n) is 16.5. The lowest BCUT2D eigenvalue weighted by Gasteiger charge is -2.26. The molecule has 1 aliphatic rings. The van der Waals surface area contributed by atoms with Gasteiger partial charge in [0.05, 0.1) is 18.3 Å². The molecule has 0 radical (unpaired) electrons. The number of pyridine rings is 1. The lowest BCUT2D eigenvalue weighted by atomic mass is 9.83. The van der Waals surface area contributed by atoms with Crippen molar-refractivity contribution in [2.24, 2.45) is 23.7 Å². The van der Waals surface area contributed by atoms with Crippen molar-refractivity contribution >= 4 is 17.8 Å². The Labute approximate surface area is 281 Å². The van der Waals surface area contributed by atoms with E-state index in [4.69, 9.17) is 9.47 Å². The summed E-state index contributed by atoms with van der Waals surface area (Å²) in [4.78, 5) is 40.8. The number of aromatic nitrogens is 1. The minimum absolute atomic E-state index is 0.000321. The maximum atomic E-state index is 13.2. The summed E-state index contributed by atoms with van der Waals surface area (Å²) in [5.74, 6) is -0.985. The monoisotopic (exact) mass is 646 g/mol. The van der Waals surface area contributed by atoms with Gasteiger partial charge in [-0.1, -0.05) is 86.9 Å². The van der Waals surface area contributed by atoms with E-state index in [2.05, 4.69) is 29.4 Å². The number of hydrogen-bond donors (Lipinski definition) is 2. The minimum atomic E-state index is -0.796. The molecular weight excluding hydrogens is 592 g/mol.